The van der Waals surface area contributed by atoms with Crippen molar-refractivity contribution in [2.75, 3.05) is 0 Å². The zero-order chi connectivity index (χ0) is 23.0. The molecule has 33 heavy (non-hydrogen) atoms. The molecule has 0 aliphatic heterocycles. The first-order chi connectivity index (χ1) is 16.1. The van der Waals surface area contributed by atoms with Crippen molar-refractivity contribution in [1.82, 2.24) is 15.2 Å². The summed E-state index contributed by atoms with van der Waals surface area (Å²) in [6.45, 7) is 0.146. The quantitative estimate of drug-likeness (QED) is 0.553. The van der Waals surface area contributed by atoms with E-state index in [2.05, 4.69) is 10.3 Å². The fourth-order valence-corrected chi connectivity index (χ4v) is 4.34. The number of halogens is 1. The van der Waals surface area contributed by atoms with Gasteiger partial charge in [-0.25, -0.2) is 4.39 Å². The Morgan fingerprint density at radius 1 is 0.939 bits per heavy atom. The molecule has 4 rings (SSSR count). The molecular weight excluding hydrogens is 417 g/mol. The molecule has 5 nitrogen and oxygen atoms in total. The van der Waals surface area contributed by atoms with Gasteiger partial charge in [-0.2, -0.15) is 0 Å². The predicted octanol–water partition coefficient (Wildman–Crippen LogP) is 5.05. The molecular formula is C27H28FN3O2. The van der Waals surface area contributed by atoms with Crippen molar-refractivity contribution in [3.05, 3.63) is 102 Å². The van der Waals surface area contributed by atoms with Crippen LogP contribution in [0.3, 0.4) is 0 Å². The van der Waals surface area contributed by atoms with Crippen LogP contribution in [0.2, 0.25) is 0 Å². The second-order valence-electron chi connectivity index (χ2n) is 8.43. The van der Waals surface area contributed by atoms with Crippen LogP contribution < -0.4 is 5.32 Å². The van der Waals surface area contributed by atoms with Gasteiger partial charge in [0.05, 0.1) is 0 Å². The molecule has 0 spiro atoms. The molecule has 1 aromatic heterocycles. The minimum absolute atomic E-state index is 0.107. The summed E-state index contributed by atoms with van der Waals surface area (Å²) < 4.78 is 13.5. The van der Waals surface area contributed by atoms with Crippen LogP contribution >= 0.6 is 0 Å². The van der Waals surface area contributed by atoms with Gasteiger partial charge in [0.2, 0.25) is 5.91 Å². The van der Waals surface area contributed by atoms with Crippen LogP contribution in [0.1, 0.15) is 59.8 Å². The zero-order valence-electron chi connectivity index (χ0n) is 18.5. The lowest BCUT2D eigenvalue weighted by atomic mass is 9.94. The number of hydrogen-bond donors (Lipinski definition) is 1. The number of nitrogens with one attached hydrogen (secondary N) is 1. The maximum Gasteiger partial charge on any atom is 0.273 e. The van der Waals surface area contributed by atoms with Crippen molar-refractivity contribution in [3.63, 3.8) is 0 Å². The first-order valence-electron chi connectivity index (χ1n) is 11.4. The van der Waals surface area contributed by atoms with E-state index in [9.17, 15) is 14.0 Å². The lowest BCUT2D eigenvalue weighted by Crippen LogP contribution is -2.47. The molecule has 1 heterocycles. The maximum absolute atomic E-state index is 13.6. The molecule has 1 saturated carbocycles. The number of hydrogen-bond acceptors (Lipinski definition) is 3. The van der Waals surface area contributed by atoms with Crippen molar-refractivity contribution in [3.8, 4) is 0 Å². The minimum Gasteiger partial charge on any atom is -0.351 e. The third-order valence-electron chi connectivity index (χ3n) is 6.04. The molecule has 0 bridgehead atoms. The Morgan fingerprint density at radius 3 is 2.30 bits per heavy atom. The topological polar surface area (TPSA) is 62.3 Å². The number of amides is 2. The summed E-state index contributed by atoms with van der Waals surface area (Å²) in [5.41, 5.74) is 1.70. The Morgan fingerprint density at radius 2 is 1.64 bits per heavy atom. The van der Waals surface area contributed by atoms with Crippen molar-refractivity contribution in [2.45, 2.75) is 50.7 Å². The van der Waals surface area contributed by atoms with Gasteiger partial charge in [-0.3, -0.25) is 14.6 Å². The fraction of sp³-hybridized carbons (Fsp3) is 0.296. The van der Waals surface area contributed by atoms with Crippen LogP contribution in [0.4, 0.5) is 4.39 Å². The molecule has 1 N–H and O–H groups in total. The number of carbonyl (C=O) groups is 2. The molecule has 1 unspecified atom stereocenters. The van der Waals surface area contributed by atoms with Crippen LogP contribution in [-0.4, -0.2) is 27.7 Å². The van der Waals surface area contributed by atoms with Gasteiger partial charge in [-0.05, 0) is 48.2 Å². The summed E-state index contributed by atoms with van der Waals surface area (Å²) in [4.78, 5) is 33.0. The summed E-state index contributed by atoms with van der Waals surface area (Å²) >= 11 is 0. The van der Waals surface area contributed by atoms with Gasteiger partial charge in [0.1, 0.15) is 17.6 Å². The first kappa shape index (κ1) is 22.6. The van der Waals surface area contributed by atoms with Crippen LogP contribution in [0.25, 0.3) is 0 Å². The number of rotatable bonds is 7. The fourth-order valence-electron chi connectivity index (χ4n) is 4.34. The Balaban J connectivity index is 1.71. The zero-order valence-corrected chi connectivity index (χ0v) is 18.5. The van der Waals surface area contributed by atoms with Gasteiger partial charge in [0.15, 0.2) is 0 Å². The second kappa shape index (κ2) is 10.9. The van der Waals surface area contributed by atoms with E-state index in [1.54, 1.807) is 36.5 Å². The summed E-state index contributed by atoms with van der Waals surface area (Å²) in [7, 11) is 0. The Labute approximate surface area is 193 Å². The van der Waals surface area contributed by atoms with Crippen LogP contribution in [0.15, 0.2) is 79.0 Å². The largest absolute Gasteiger partial charge is 0.351 e. The minimum atomic E-state index is -0.840. The van der Waals surface area contributed by atoms with E-state index in [1.165, 1.54) is 23.5 Å². The summed E-state index contributed by atoms with van der Waals surface area (Å²) in [5, 5.41) is 3.19. The molecule has 2 amide bonds. The highest BCUT2D eigenvalue weighted by molar-refractivity contribution is 5.96. The Kier molecular flexibility index (Phi) is 7.45. The van der Waals surface area contributed by atoms with E-state index in [4.69, 9.17) is 0 Å². The third kappa shape index (κ3) is 5.83. The molecule has 170 valence electrons. The first-order valence-corrected chi connectivity index (χ1v) is 11.4. The van der Waals surface area contributed by atoms with Gasteiger partial charge in [-0.15, -0.1) is 0 Å². The monoisotopic (exact) mass is 445 g/mol. The van der Waals surface area contributed by atoms with E-state index in [0.29, 0.717) is 0 Å². The SMILES string of the molecule is O=C(NC1CCCCC1)C(c1ccccc1)N(Cc1ccc(F)cc1)C(=O)c1ccccn1. The van der Waals surface area contributed by atoms with E-state index in [-0.39, 0.29) is 35.9 Å². The Hall–Kier alpha value is -3.54. The highest BCUT2D eigenvalue weighted by Crippen LogP contribution is 2.27. The molecule has 0 saturated heterocycles. The average Bonchev–Trinajstić information content (AvgIpc) is 2.86. The number of nitrogens with zero attached hydrogens (tertiary/aromatic N) is 2. The van der Waals surface area contributed by atoms with Crippen LogP contribution in [0.5, 0.6) is 0 Å². The van der Waals surface area contributed by atoms with Gasteiger partial charge in [-0.1, -0.05) is 67.8 Å². The molecule has 1 aliphatic carbocycles. The van der Waals surface area contributed by atoms with Crippen molar-refractivity contribution in [2.24, 2.45) is 0 Å². The summed E-state index contributed by atoms with van der Waals surface area (Å²) in [6.07, 6.45) is 6.81. The molecule has 1 atom stereocenters. The molecule has 6 heteroatoms. The standard InChI is InChI=1S/C27H28FN3O2/c28-22-16-14-20(15-17-22)19-31(27(33)24-13-7-8-18-29-24)25(21-9-3-1-4-10-21)26(32)30-23-11-5-2-6-12-23/h1,3-4,7-10,13-18,23,25H,2,5-6,11-12,19H2,(H,30,32). The van der Waals surface area contributed by atoms with Gasteiger partial charge >= 0.3 is 0 Å². The highest BCUT2D eigenvalue weighted by Gasteiger charge is 2.33. The molecule has 3 aromatic rings. The lowest BCUT2D eigenvalue weighted by Gasteiger charge is -2.33. The lowest BCUT2D eigenvalue weighted by molar-refractivity contribution is -0.127. The Bertz CT molecular complexity index is 1050. The van der Waals surface area contributed by atoms with E-state index < -0.39 is 6.04 Å². The highest BCUT2D eigenvalue weighted by atomic mass is 19.1. The number of pyridine rings is 1. The number of benzene rings is 2. The van der Waals surface area contributed by atoms with Crippen molar-refractivity contribution in [1.29, 1.82) is 0 Å². The van der Waals surface area contributed by atoms with E-state index in [0.717, 1.165) is 36.8 Å². The molecule has 1 fully saturated rings. The predicted molar refractivity (Wildman–Crippen MR) is 125 cm³/mol. The van der Waals surface area contributed by atoms with Crippen molar-refractivity contribution < 1.29 is 14.0 Å². The molecule has 2 aromatic carbocycles. The molecule has 0 radical (unpaired) electrons. The summed E-state index contributed by atoms with van der Waals surface area (Å²) in [5.74, 6) is -0.914. The van der Waals surface area contributed by atoms with Crippen LogP contribution in [-0.2, 0) is 11.3 Å². The van der Waals surface area contributed by atoms with E-state index in [1.807, 2.05) is 30.3 Å². The third-order valence-corrected chi connectivity index (χ3v) is 6.04. The van der Waals surface area contributed by atoms with Gasteiger partial charge < -0.3 is 10.2 Å². The number of carbonyl (C=O) groups excluding carboxylic acids is 2. The van der Waals surface area contributed by atoms with Gasteiger partial charge in [0.25, 0.3) is 5.91 Å². The van der Waals surface area contributed by atoms with Crippen LogP contribution in [0, 0.1) is 5.82 Å². The van der Waals surface area contributed by atoms with E-state index >= 15 is 0 Å². The maximum atomic E-state index is 13.6. The molecule has 1 aliphatic rings. The normalized spacial score (nSPS) is 14.9. The van der Waals surface area contributed by atoms with Crippen molar-refractivity contribution >= 4 is 11.8 Å². The summed E-state index contributed by atoms with van der Waals surface area (Å²) in [6, 6.07) is 19.7. The average molecular weight is 446 g/mol. The smallest absolute Gasteiger partial charge is 0.273 e. The number of aromatic nitrogens is 1. The second-order valence-corrected chi connectivity index (χ2v) is 8.43. The van der Waals surface area contributed by atoms with Gasteiger partial charge in [0, 0.05) is 18.8 Å².